The van der Waals surface area contributed by atoms with Crippen LogP contribution in [0, 0.1) is 19.7 Å². The predicted molar refractivity (Wildman–Crippen MR) is 133 cm³/mol. The van der Waals surface area contributed by atoms with Crippen molar-refractivity contribution >= 4 is 13.4 Å². The number of hydrogen-bond donors (Lipinski definition) is 2. The lowest BCUT2D eigenvalue weighted by Gasteiger charge is -2.19. The van der Waals surface area contributed by atoms with E-state index in [1.54, 1.807) is 24.3 Å². The highest BCUT2D eigenvalue weighted by Crippen LogP contribution is 2.50. The lowest BCUT2D eigenvalue weighted by Crippen LogP contribution is -2.10. The quantitative estimate of drug-likeness (QED) is 0.140. The van der Waals surface area contributed by atoms with Crippen molar-refractivity contribution in [2.45, 2.75) is 52.6 Å². The number of phenolic OH excluding ortho intramolecular Hbond substituents is 1. The third-order valence-electron chi connectivity index (χ3n) is 6.11. The first-order valence-corrected chi connectivity index (χ1v) is 13.1. The molecule has 0 bridgehead atoms. The minimum Gasteiger partial charge on any atom is -0.507 e. The summed E-state index contributed by atoms with van der Waals surface area (Å²) in [5, 5.41) is 10.3. The highest BCUT2D eigenvalue weighted by molar-refractivity contribution is 7.53. The van der Waals surface area contributed by atoms with E-state index in [2.05, 4.69) is 0 Å². The fourth-order valence-corrected chi connectivity index (χ4v) is 5.26. The van der Waals surface area contributed by atoms with Crippen molar-refractivity contribution in [1.82, 2.24) is 0 Å². The zero-order chi connectivity index (χ0) is 25.8. The van der Waals surface area contributed by atoms with E-state index in [1.165, 1.54) is 30.3 Å². The Labute approximate surface area is 204 Å². The summed E-state index contributed by atoms with van der Waals surface area (Å²) in [6.07, 6.45) is 1.49. The second kappa shape index (κ2) is 11.2. The average Bonchev–Trinajstić information content (AvgIpc) is 2.82. The van der Waals surface area contributed by atoms with E-state index in [9.17, 15) is 23.7 Å². The van der Waals surface area contributed by atoms with Gasteiger partial charge in [-0.05, 0) is 104 Å². The molecule has 0 radical (unpaired) electrons. The Hall–Kier alpha value is -2.99. The van der Waals surface area contributed by atoms with Crippen LogP contribution in [0.4, 0.5) is 4.39 Å². The molecule has 3 aromatic carbocycles. The molecule has 8 heteroatoms. The number of phenols is 1. The fourth-order valence-electron chi connectivity index (χ4n) is 4.02. The van der Waals surface area contributed by atoms with Crippen LogP contribution < -0.4 is 4.89 Å². The molecule has 0 heterocycles. The van der Waals surface area contributed by atoms with Gasteiger partial charge in [-0.3, -0.25) is 9.36 Å². The largest absolute Gasteiger partial charge is 0.507 e. The standard InChI is InChI=1S/C27H30FO6P/c1-5-23(6-2)35(31,32)34-33-22-13-17(3)24(18(4)14-22)15-19-7-12-26(29)25(16-19)27(30)20-8-10-21(28)11-9-20/h7-14,16,23,29H,5-6,15H2,1-4H3,(H,31,32). The minimum absolute atomic E-state index is 0.137. The molecule has 0 aliphatic carbocycles. The van der Waals surface area contributed by atoms with E-state index >= 15 is 0 Å². The number of benzene rings is 3. The van der Waals surface area contributed by atoms with Crippen LogP contribution in [-0.4, -0.2) is 21.4 Å². The van der Waals surface area contributed by atoms with Gasteiger partial charge < -0.3 is 14.9 Å². The summed E-state index contributed by atoms with van der Waals surface area (Å²) in [6, 6.07) is 13.5. The zero-order valence-electron chi connectivity index (χ0n) is 20.2. The Balaban J connectivity index is 1.80. The highest BCUT2D eigenvalue weighted by Gasteiger charge is 2.31. The molecule has 0 aromatic heterocycles. The molecule has 0 aliphatic heterocycles. The van der Waals surface area contributed by atoms with Gasteiger partial charge in [0.15, 0.2) is 11.5 Å². The van der Waals surface area contributed by atoms with Crippen LogP contribution in [0.3, 0.4) is 0 Å². The maximum atomic E-state index is 13.2. The molecule has 35 heavy (non-hydrogen) atoms. The Morgan fingerprint density at radius 2 is 1.60 bits per heavy atom. The minimum atomic E-state index is -3.91. The normalized spacial score (nSPS) is 13.0. The van der Waals surface area contributed by atoms with Gasteiger partial charge >= 0.3 is 7.60 Å². The third kappa shape index (κ3) is 6.37. The van der Waals surface area contributed by atoms with E-state index in [0.29, 0.717) is 25.0 Å². The van der Waals surface area contributed by atoms with Gasteiger partial charge in [0, 0.05) is 5.56 Å². The van der Waals surface area contributed by atoms with Crippen molar-refractivity contribution in [1.29, 1.82) is 0 Å². The Morgan fingerprint density at radius 3 is 2.17 bits per heavy atom. The van der Waals surface area contributed by atoms with Crippen LogP contribution in [-0.2, 0) is 15.7 Å². The number of halogens is 1. The Bertz CT molecular complexity index is 1230. The number of rotatable bonds is 10. The van der Waals surface area contributed by atoms with Crippen LogP contribution in [0.1, 0.15) is 64.9 Å². The van der Waals surface area contributed by atoms with Gasteiger partial charge in [0.1, 0.15) is 11.6 Å². The molecule has 2 N–H and O–H groups in total. The first-order chi connectivity index (χ1) is 16.6. The summed E-state index contributed by atoms with van der Waals surface area (Å²) in [6.45, 7) is 7.43. The molecule has 6 nitrogen and oxygen atoms in total. The van der Waals surface area contributed by atoms with Crippen LogP contribution in [0.15, 0.2) is 54.6 Å². The van der Waals surface area contributed by atoms with Crippen molar-refractivity contribution in [3.63, 3.8) is 0 Å². The first-order valence-electron chi connectivity index (χ1n) is 11.5. The molecule has 0 fully saturated rings. The second-order valence-corrected chi connectivity index (χ2v) is 10.6. The van der Waals surface area contributed by atoms with Gasteiger partial charge in [0.05, 0.1) is 11.2 Å². The van der Waals surface area contributed by atoms with Gasteiger partial charge in [0.25, 0.3) is 0 Å². The Morgan fingerprint density at radius 1 is 1.00 bits per heavy atom. The molecule has 0 amide bonds. The predicted octanol–water partition coefficient (Wildman–Crippen LogP) is 6.65. The molecule has 0 saturated carbocycles. The molecule has 0 saturated heterocycles. The van der Waals surface area contributed by atoms with Gasteiger partial charge in [-0.1, -0.05) is 24.6 Å². The van der Waals surface area contributed by atoms with E-state index in [-0.39, 0.29) is 16.9 Å². The molecule has 1 atom stereocenters. The summed E-state index contributed by atoms with van der Waals surface area (Å²) < 4.78 is 30.6. The van der Waals surface area contributed by atoms with Crippen molar-refractivity contribution in [3.05, 3.63) is 93.8 Å². The highest BCUT2D eigenvalue weighted by atomic mass is 31.2. The van der Waals surface area contributed by atoms with Crippen molar-refractivity contribution in [3.8, 4) is 11.5 Å². The summed E-state index contributed by atoms with van der Waals surface area (Å²) in [7, 11) is -3.91. The number of carbonyl (C=O) groups is 1. The second-order valence-electron chi connectivity index (χ2n) is 8.59. The van der Waals surface area contributed by atoms with Gasteiger partial charge in [-0.15, -0.1) is 0 Å². The summed E-state index contributed by atoms with van der Waals surface area (Å²) in [4.78, 5) is 28.2. The lowest BCUT2D eigenvalue weighted by atomic mass is 9.93. The van der Waals surface area contributed by atoms with Crippen LogP contribution in [0.2, 0.25) is 0 Å². The van der Waals surface area contributed by atoms with Crippen molar-refractivity contribution in [2.75, 3.05) is 0 Å². The maximum absolute atomic E-state index is 13.2. The molecular weight excluding hydrogens is 470 g/mol. The lowest BCUT2D eigenvalue weighted by molar-refractivity contribution is -0.111. The summed E-state index contributed by atoms with van der Waals surface area (Å²) in [5.74, 6) is -0.671. The van der Waals surface area contributed by atoms with E-state index in [1.807, 2.05) is 27.7 Å². The van der Waals surface area contributed by atoms with Gasteiger partial charge in [-0.2, -0.15) is 0 Å². The number of aromatic hydroxyl groups is 1. The summed E-state index contributed by atoms with van der Waals surface area (Å²) in [5.41, 5.74) is 3.45. The number of ketones is 1. The van der Waals surface area contributed by atoms with Crippen LogP contribution in [0.5, 0.6) is 11.5 Å². The smallest absolute Gasteiger partial charge is 0.369 e. The average molecular weight is 501 g/mol. The van der Waals surface area contributed by atoms with E-state index < -0.39 is 24.9 Å². The van der Waals surface area contributed by atoms with E-state index in [0.717, 1.165) is 22.3 Å². The number of hydrogen-bond acceptors (Lipinski definition) is 5. The summed E-state index contributed by atoms with van der Waals surface area (Å²) >= 11 is 0. The van der Waals surface area contributed by atoms with Gasteiger partial charge in [0.2, 0.25) is 0 Å². The molecule has 0 aliphatic rings. The fraction of sp³-hybridized carbons (Fsp3) is 0.296. The van der Waals surface area contributed by atoms with Crippen LogP contribution >= 0.6 is 7.60 Å². The van der Waals surface area contributed by atoms with Gasteiger partial charge in [-0.25, -0.2) is 4.39 Å². The third-order valence-corrected chi connectivity index (χ3v) is 8.05. The molecular formula is C27H30FO6P. The molecule has 0 spiro atoms. The van der Waals surface area contributed by atoms with Crippen molar-refractivity contribution < 1.29 is 33.3 Å². The molecule has 186 valence electrons. The number of carbonyl (C=O) groups excluding carboxylic acids is 1. The van der Waals surface area contributed by atoms with Crippen molar-refractivity contribution in [2.24, 2.45) is 0 Å². The molecule has 1 unspecified atom stereocenters. The zero-order valence-corrected chi connectivity index (χ0v) is 21.1. The Kier molecular flexibility index (Phi) is 8.49. The number of aryl methyl sites for hydroxylation is 2. The van der Waals surface area contributed by atoms with Crippen LogP contribution in [0.25, 0.3) is 0 Å². The SMILES string of the molecule is CCC(CC)P(=O)(O)OOc1cc(C)c(Cc2ccc(O)c(C(=O)c3ccc(F)cc3)c2)c(C)c1. The maximum Gasteiger partial charge on any atom is 0.369 e. The molecule has 3 rings (SSSR count). The molecule has 3 aromatic rings. The monoisotopic (exact) mass is 500 g/mol. The first kappa shape index (κ1) is 26.6. The van der Waals surface area contributed by atoms with E-state index in [4.69, 9.17) is 9.56 Å². The topological polar surface area (TPSA) is 93.1 Å².